The predicted octanol–water partition coefficient (Wildman–Crippen LogP) is 3.30. The maximum absolute atomic E-state index is 12.3. The molecule has 0 aliphatic carbocycles. The molecule has 0 radical (unpaired) electrons. The fourth-order valence-corrected chi connectivity index (χ4v) is 1.47. The molecule has 4 heteroatoms. The molecule has 0 amide bonds. The van der Waals surface area contributed by atoms with Gasteiger partial charge >= 0.3 is 0 Å². The molecule has 0 heterocycles. The highest BCUT2D eigenvalue weighted by molar-refractivity contribution is 6.32. The van der Waals surface area contributed by atoms with Gasteiger partial charge in [-0.2, -0.15) is 0 Å². The third-order valence-electron chi connectivity index (χ3n) is 1.78. The van der Waals surface area contributed by atoms with E-state index in [1.54, 1.807) is 13.0 Å². The molecule has 1 aromatic carbocycles. The Bertz CT molecular complexity index is 273. The molecule has 0 saturated heterocycles. The number of alkyl halides is 2. The lowest BCUT2D eigenvalue weighted by molar-refractivity contribution is 0.151. The highest BCUT2D eigenvalue weighted by Crippen LogP contribution is 2.31. The Kier molecular flexibility index (Phi) is 3.22. The molecule has 1 atom stereocenters. The SMILES string of the molecule is CC(N)c1cccc(C(F)F)c1Cl. The minimum atomic E-state index is -2.55. The molecular formula is C9H10ClF2N. The van der Waals surface area contributed by atoms with E-state index in [4.69, 9.17) is 17.3 Å². The highest BCUT2D eigenvalue weighted by atomic mass is 35.5. The van der Waals surface area contributed by atoms with Gasteiger partial charge in [0.1, 0.15) is 0 Å². The molecule has 1 nitrogen and oxygen atoms in total. The van der Waals surface area contributed by atoms with Crippen molar-refractivity contribution in [2.75, 3.05) is 0 Å². The molecule has 0 saturated carbocycles. The number of hydrogen-bond donors (Lipinski definition) is 1. The number of benzene rings is 1. The number of nitrogens with two attached hydrogens (primary N) is 1. The smallest absolute Gasteiger partial charge is 0.265 e. The van der Waals surface area contributed by atoms with Crippen LogP contribution in [0.2, 0.25) is 5.02 Å². The summed E-state index contributed by atoms with van der Waals surface area (Å²) in [6.45, 7) is 1.70. The van der Waals surface area contributed by atoms with Gasteiger partial charge in [0.2, 0.25) is 0 Å². The van der Waals surface area contributed by atoms with E-state index in [9.17, 15) is 8.78 Å². The van der Waals surface area contributed by atoms with Crippen molar-refractivity contribution in [3.63, 3.8) is 0 Å². The zero-order valence-electron chi connectivity index (χ0n) is 7.10. The molecular weight excluding hydrogens is 196 g/mol. The molecule has 72 valence electrons. The second kappa shape index (κ2) is 4.03. The van der Waals surface area contributed by atoms with Gasteiger partial charge in [0.15, 0.2) is 0 Å². The van der Waals surface area contributed by atoms with Crippen LogP contribution in [0.3, 0.4) is 0 Å². The lowest BCUT2D eigenvalue weighted by Crippen LogP contribution is -2.06. The van der Waals surface area contributed by atoms with Crippen LogP contribution in [-0.4, -0.2) is 0 Å². The lowest BCUT2D eigenvalue weighted by atomic mass is 10.1. The lowest BCUT2D eigenvalue weighted by Gasteiger charge is -2.11. The molecule has 0 bridgehead atoms. The minimum absolute atomic E-state index is 0.0764. The van der Waals surface area contributed by atoms with Crippen molar-refractivity contribution >= 4 is 11.6 Å². The van der Waals surface area contributed by atoms with Gasteiger partial charge in [0.25, 0.3) is 6.43 Å². The normalized spacial score (nSPS) is 13.4. The van der Waals surface area contributed by atoms with E-state index in [-0.39, 0.29) is 16.6 Å². The Morgan fingerprint density at radius 2 is 1.85 bits per heavy atom. The largest absolute Gasteiger partial charge is 0.324 e. The van der Waals surface area contributed by atoms with Crippen molar-refractivity contribution in [3.05, 3.63) is 34.3 Å². The summed E-state index contributed by atoms with van der Waals surface area (Å²) >= 11 is 5.74. The quantitative estimate of drug-likeness (QED) is 0.788. The number of hydrogen-bond acceptors (Lipinski definition) is 1. The summed E-state index contributed by atoms with van der Waals surface area (Å²) in [5.41, 5.74) is 5.95. The molecule has 0 aliphatic rings. The third-order valence-corrected chi connectivity index (χ3v) is 2.22. The molecule has 0 spiro atoms. The van der Waals surface area contributed by atoms with Gasteiger partial charge in [-0.15, -0.1) is 0 Å². The van der Waals surface area contributed by atoms with Crippen LogP contribution in [0.15, 0.2) is 18.2 Å². The van der Waals surface area contributed by atoms with Crippen molar-refractivity contribution in [2.24, 2.45) is 5.73 Å². The van der Waals surface area contributed by atoms with E-state index in [2.05, 4.69) is 0 Å². The summed E-state index contributed by atoms with van der Waals surface area (Å²) in [6, 6.07) is 4.16. The maximum Gasteiger partial charge on any atom is 0.265 e. The first-order valence-corrected chi connectivity index (χ1v) is 4.24. The summed E-state index contributed by atoms with van der Waals surface area (Å²) in [6.07, 6.45) is -2.55. The summed E-state index contributed by atoms with van der Waals surface area (Å²) < 4.78 is 24.7. The molecule has 0 aromatic heterocycles. The Balaban J connectivity index is 3.18. The third kappa shape index (κ3) is 2.17. The molecule has 1 rings (SSSR count). The summed E-state index contributed by atoms with van der Waals surface area (Å²) in [5, 5.41) is 0.0764. The minimum Gasteiger partial charge on any atom is -0.324 e. The summed E-state index contributed by atoms with van der Waals surface area (Å²) in [4.78, 5) is 0. The van der Waals surface area contributed by atoms with E-state index >= 15 is 0 Å². The first kappa shape index (κ1) is 10.4. The Morgan fingerprint density at radius 3 is 2.31 bits per heavy atom. The molecule has 2 N–H and O–H groups in total. The molecule has 0 aliphatic heterocycles. The van der Waals surface area contributed by atoms with Crippen molar-refractivity contribution in [1.29, 1.82) is 0 Å². The van der Waals surface area contributed by atoms with Crippen LogP contribution < -0.4 is 5.73 Å². The Hall–Kier alpha value is -0.670. The van der Waals surface area contributed by atoms with Crippen LogP contribution in [0.5, 0.6) is 0 Å². The number of halogens is 3. The van der Waals surface area contributed by atoms with Crippen LogP contribution in [0.25, 0.3) is 0 Å². The van der Waals surface area contributed by atoms with Crippen molar-refractivity contribution in [1.82, 2.24) is 0 Å². The van der Waals surface area contributed by atoms with Crippen LogP contribution in [0, 0.1) is 0 Å². The van der Waals surface area contributed by atoms with Gasteiger partial charge in [-0.1, -0.05) is 29.8 Å². The first-order valence-electron chi connectivity index (χ1n) is 3.86. The van der Waals surface area contributed by atoms with Gasteiger partial charge in [-0.25, -0.2) is 8.78 Å². The van der Waals surface area contributed by atoms with Gasteiger partial charge in [-0.05, 0) is 12.5 Å². The second-order valence-electron chi connectivity index (χ2n) is 2.84. The molecule has 1 unspecified atom stereocenters. The van der Waals surface area contributed by atoms with E-state index in [0.717, 1.165) is 0 Å². The summed E-state index contributed by atoms with van der Waals surface area (Å²) in [7, 11) is 0. The monoisotopic (exact) mass is 205 g/mol. The van der Waals surface area contributed by atoms with Gasteiger partial charge in [-0.3, -0.25) is 0 Å². The van der Waals surface area contributed by atoms with E-state index in [1.165, 1.54) is 12.1 Å². The zero-order chi connectivity index (χ0) is 10.0. The van der Waals surface area contributed by atoms with Gasteiger partial charge in [0.05, 0.1) is 5.02 Å². The van der Waals surface area contributed by atoms with Crippen molar-refractivity contribution in [3.8, 4) is 0 Å². The fraction of sp³-hybridized carbons (Fsp3) is 0.333. The Morgan fingerprint density at radius 1 is 1.31 bits per heavy atom. The summed E-state index contributed by atoms with van der Waals surface area (Å²) in [5.74, 6) is 0. The van der Waals surface area contributed by atoms with E-state index < -0.39 is 6.43 Å². The maximum atomic E-state index is 12.3. The average Bonchev–Trinajstić information content (AvgIpc) is 2.03. The predicted molar refractivity (Wildman–Crippen MR) is 49.0 cm³/mol. The Labute approximate surface area is 80.5 Å². The van der Waals surface area contributed by atoms with Crippen LogP contribution in [0.4, 0.5) is 8.78 Å². The highest BCUT2D eigenvalue weighted by Gasteiger charge is 2.15. The van der Waals surface area contributed by atoms with Gasteiger partial charge in [0, 0.05) is 11.6 Å². The standard InChI is InChI=1S/C9H10ClF2N/c1-5(13)6-3-2-4-7(8(6)10)9(11)12/h2-5,9H,13H2,1H3. The average molecular weight is 206 g/mol. The van der Waals surface area contributed by atoms with Crippen molar-refractivity contribution < 1.29 is 8.78 Å². The van der Waals surface area contributed by atoms with Crippen LogP contribution in [-0.2, 0) is 0 Å². The van der Waals surface area contributed by atoms with Crippen LogP contribution in [0.1, 0.15) is 30.5 Å². The fourth-order valence-electron chi connectivity index (χ4n) is 1.09. The van der Waals surface area contributed by atoms with Crippen molar-refractivity contribution in [2.45, 2.75) is 19.4 Å². The van der Waals surface area contributed by atoms with Gasteiger partial charge < -0.3 is 5.73 Å². The molecule has 13 heavy (non-hydrogen) atoms. The first-order chi connectivity index (χ1) is 6.04. The molecule has 1 aromatic rings. The van der Waals surface area contributed by atoms with E-state index in [1.807, 2.05) is 0 Å². The number of rotatable bonds is 2. The second-order valence-corrected chi connectivity index (χ2v) is 3.22. The van der Waals surface area contributed by atoms with E-state index in [0.29, 0.717) is 5.56 Å². The zero-order valence-corrected chi connectivity index (χ0v) is 7.85. The molecule has 0 fully saturated rings. The topological polar surface area (TPSA) is 26.0 Å². The van der Waals surface area contributed by atoms with Crippen LogP contribution >= 0.6 is 11.6 Å².